The number of hydrogen-bond donors (Lipinski definition) is 2. The van der Waals surface area contributed by atoms with Gasteiger partial charge >= 0.3 is 0 Å². The number of hydrogen-bond acceptors (Lipinski definition) is 3. The number of sulfonamides is 1. The molecule has 1 rings (SSSR count). The number of aliphatic hydroxyl groups excluding tert-OH is 1. The van der Waals surface area contributed by atoms with Gasteiger partial charge in [0.2, 0.25) is 10.0 Å². The van der Waals surface area contributed by atoms with E-state index in [1.165, 1.54) is 0 Å². The lowest BCUT2D eigenvalue weighted by Crippen LogP contribution is -2.17. The van der Waals surface area contributed by atoms with Gasteiger partial charge in [-0.2, -0.15) is 0 Å². The van der Waals surface area contributed by atoms with Gasteiger partial charge in [0.1, 0.15) is 0 Å². The molecule has 0 fully saturated rings. The Labute approximate surface area is 127 Å². The molecule has 21 heavy (non-hydrogen) atoms. The smallest absolute Gasteiger partial charge is 0.232 e. The van der Waals surface area contributed by atoms with Crippen LogP contribution in [0.4, 0.5) is 5.69 Å². The lowest BCUT2D eigenvalue weighted by atomic mass is 10.1. The summed E-state index contributed by atoms with van der Waals surface area (Å²) in [5.74, 6) is 5.96. The molecule has 0 atom stereocenters. The summed E-state index contributed by atoms with van der Waals surface area (Å²) in [5.41, 5.74) is 2.38. The number of rotatable bonds is 7. The van der Waals surface area contributed by atoms with Gasteiger partial charge in [0.05, 0.1) is 18.0 Å². The average molecular weight is 309 g/mol. The predicted molar refractivity (Wildman–Crippen MR) is 86.7 cm³/mol. The molecule has 2 N–H and O–H groups in total. The zero-order chi connectivity index (χ0) is 15.7. The highest BCUT2D eigenvalue weighted by molar-refractivity contribution is 7.92. The van der Waals surface area contributed by atoms with Gasteiger partial charge in [-0.3, -0.25) is 4.72 Å². The van der Waals surface area contributed by atoms with Gasteiger partial charge in [-0.05, 0) is 36.6 Å². The molecule has 0 heterocycles. The second-order valence-corrected chi connectivity index (χ2v) is 6.62. The Morgan fingerprint density at radius 3 is 2.67 bits per heavy atom. The Morgan fingerprint density at radius 1 is 1.29 bits per heavy atom. The Bertz CT molecular complexity index is 612. The zero-order valence-electron chi connectivity index (χ0n) is 12.6. The van der Waals surface area contributed by atoms with Crippen LogP contribution in [0.3, 0.4) is 0 Å². The molecule has 0 amide bonds. The van der Waals surface area contributed by atoms with Crippen LogP contribution in [-0.4, -0.2) is 25.9 Å². The lowest BCUT2D eigenvalue weighted by Gasteiger charge is -2.12. The fraction of sp³-hybridized carbons (Fsp3) is 0.500. The van der Waals surface area contributed by atoms with Crippen LogP contribution in [-0.2, 0) is 16.4 Å². The van der Waals surface area contributed by atoms with Crippen LogP contribution in [0.15, 0.2) is 18.2 Å². The Kier molecular flexibility index (Phi) is 7.27. The van der Waals surface area contributed by atoms with Crippen molar-refractivity contribution in [2.75, 3.05) is 17.1 Å². The maximum atomic E-state index is 12.0. The summed E-state index contributed by atoms with van der Waals surface area (Å²) in [6.45, 7) is 3.99. The van der Waals surface area contributed by atoms with Gasteiger partial charge in [-0.1, -0.05) is 32.1 Å². The van der Waals surface area contributed by atoms with Crippen molar-refractivity contribution in [1.82, 2.24) is 0 Å². The third-order valence-corrected chi connectivity index (χ3v) is 4.34. The molecule has 116 valence electrons. The summed E-state index contributed by atoms with van der Waals surface area (Å²) >= 11 is 0. The molecule has 0 aliphatic rings. The van der Waals surface area contributed by atoms with E-state index in [9.17, 15) is 8.42 Å². The van der Waals surface area contributed by atoms with Gasteiger partial charge in [0, 0.05) is 12.0 Å². The Balaban J connectivity index is 2.92. The van der Waals surface area contributed by atoms with Crippen LogP contribution in [0.2, 0.25) is 0 Å². The minimum Gasteiger partial charge on any atom is -0.395 e. The van der Waals surface area contributed by atoms with Gasteiger partial charge in [-0.25, -0.2) is 8.42 Å². The van der Waals surface area contributed by atoms with E-state index >= 15 is 0 Å². The van der Waals surface area contributed by atoms with Crippen LogP contribution in [0.25, 0.3) is 0 Å². The van der Waals surface area contributed by atoms with Crippen molar-refractivity contribution in [2.45, 2.75) is 39.5 Å². The van der Waals surface area contributed by atoms with Crippen molar-refractivity contribution < 1.29 is 13.5 Å². The van der Waals surface area contributed by atoms with Crippen LogP contribution in [0.1, 0.15) is 44.2 Å². The van der Waals surface area contributed by atoms with Crippen LogP contribution < -0.4 is 4.72 Å². The predicted octanol–water partition coefficient (Wildman–Crippen LogP) is 2.52. The van der Waals surface area contributed by atoms with Gasteiger partial charge in [0.15, 0.2) is 0 Å². The number of unbranched alkanes of at least 4 members (excludes halogenated alkanes) is 1. The molecule has 1 aromatic rings. The maximum absolute atomic E-state index is 12.0. The third-order valence-electron chi connectivity index (χ3n) is 2.99. The highest BCUT2D eigenvalue weighted by Gasteiger charge is 2.12. The van der Waals surface area contributed by atoms with Crippen molar-refractivity contribution in [3.63, 3.8) is 0 Å². The topological polar surface area (TPSA) is 66.4 Å². The first-order chi connectivity index (χ1) is 10.0. The van der Waals surface area contributed by atoms with Crippen LogP contribution in [0.5, 0.6) is 0 Å². The minimum atomic E-state index is -3.28. The van der Waals surface area contributed by atoms with Crippen molar-refractivity contribution in [3.05, 3.63) is 29.3 Å². The summed E-state index contributed by atoms with van der Waals surface area (Å²) in [6.07, 6.45) is 2.66. The number of anilines is 1. The van der Waals surface area contributed by atoms with Crippen molar-refractivity contribution in [3.8, 4) is 11.8 Å². The second-order valence-electron chi connectivity index (χ2n) is 4.78. The van der Waals surface area contributed by atoms with E-state index in [0.717, 1.165) is 24.0 Å². The first kappa shape index (κ1) is 17.5. The fourth-order valence-electron chi connectivity index (χ4n) is 1.84. The maximum Gasteiger partial charge on any atom is 0.232 e. The third kappa shape index (κ3) is 6.19. The number of benzene rings is 1. The zero-order valence-corrected chi connectivity index (χ0v) is 13.5. The fourth-order valence-corrected chi connectivity index (χ4v) is 3.14. The summed E-state index contributed by atoms with van der Waals surface area (Å²) in [6, 6.07) is 5.44. The number of aryl methyl sites for hydroxylation is 1. The van der Waals surface area contributed by atoms with E-state index in [0.29, 0.717) is 18.5 Å². The van der Waals surface area contributed by atoms with Gasteiger partial charge in [-0.15, -0.1) is 0 Å². The van der Waals surface area contributed by atoms with Gasteiger partial charge in [0.25, 0.3) is 0 Å². The van der Waals surface area contributed by atoms with Gasteiger partial charge < -0.3 is 5.11 Å². The molecule has 4 nitrogen and oxygen atoms in total. The van der Waals surface area contributed by atoms with E-state index < -0.39 is 10.0 Å². The summed E-state index contributed by atoms with van der Waals surface area (Å²) in [5, 5.41) is 8.71. The molecule has 0 radical (unpaired) electrons. The molecule has 0 aromatic heterocycles. The minimum absolute atomic E-state index is 0.0446. The monoisotopic (exact) mass is 309 g/mol. The second kappa shape index (κ2) is 8.71. The van der Waals surface area contributed by atoms with E-state index in [-0.39, 0.29) is 12.4 Å². The molecule has 5 heteroatoms. The van der Waals surface area contributed by atoms with E-state index in [2.05, 4.69) is 16.6 Å². The SMILES string of the molecule is CCCCS(=O)(=O)Nc1ccc(C#CCCO)cc1CC. The molecule has 0 spiro atoms. The van der Waals surface area contributed by atoms with Crippen LogP contribution in [0, 0.1) is 11.8 Å². The van der Waals surface area contributed by atoms with E-state index in [4.69, 9.17) is 5.11 Å². The Hall–Kier alpha value is -1.51. The summed E-state index contributed by atoms with van der Waals surface area (Å²) < 4.78 is 26.6. The Morgan fingerprint density at radius 2 is 2.05 bits per heavy atom. The van der Waals surface area contributed by atoms with E-state index in [1.807, 2.05) is 19.9 Å². The van der Waals surface area contributed by atoms with Crippen molar-refractivity contribution in [2.24, 2.45) is 0 Å². The van der Waals surface area contributed by atoms with Crippen LogP contribution >= 0.6 is 0 Å². The molecule has 0 unspecified atom stereocenters. The number of aliphatic hydroxyl groups is 1. The molecule has 1 aromatic carbocycles. The van der Waals surface area contributed by atoms with Crippen molar-refractivity contribution >= 4 is 15.7 Å². The molecular formula is C16H23NO3S. The first-order valence-corrected chi connectivity index (χ1v) is 8.90. The quantitative estimate of drug-likeness (QED) is 0.761. The molecule has 0 saturated heterocycles. The van der Waals surface area contributed by atoms with E-state index in [1.54, 1.807) is 12.1 Å². The molecule has 0 aliphatic carbocycles. The number of nitrogens with one attached hydrogen (secondary N) is 1. The molecule has 0 saturated carbocycles. The lowest BCUT2D eigenvalue weighted by molar-refractivity contribution is 0.305. The highest BCUT2D eigenvalue weighted by Crippen LogP contribution is 2.19. The average Bonchev–Trinajstić information content (AvgIpc) is 2.46. The summed E-state index contributed by atoms with van der Waals surface area (Å²) in [7, 11) is -3.28. The highest BCUT2D eigenvalue weighted by atomic mass is 32.2. The normalized spacial score (nSPS) is 10.8. The molecule has 0 aliphatic heterocycles. The largest absolute Gasteiger partial charge is 0.395 e. The summed E-state index contributed by atoms with van der Waals surface area (Å²) in [4.78, 5) is 0. The standard InChI is InChI=1S/C16H23NO3S/c1-3-5-12-21(19,20)17-16-10-9-14(8-6-7-11-18)13-15(16)4-2/h9-10,13,17-18H,3-5,7,11-12H2,1-2H3. The molecule has 0 bridgehead atoms. The first-order valence-electron chi connectivity index (χ1n) is 7.25. The van der Waals surface area contributed by atoms with Crippen molar-refractivity contribution in [1.29, 1.82) is 0 Å². The molecular weight excluding hydrogens is 286 g/mol.